The molecule has 4 aromatic carbocycles. The van der Waals surface area contributed by atoms with Gasteiger partial charge in [-0.05, 0) is 68.3 Å². The third-order valence-electron chi connectivity index (χ3n) is 6.39. The smallest absolute Gasteiger partial charge is 0.330 e. The molecule has 0 saturated carbocycles. The molecule has 0 unspecified atom stereocenters. The van der Waals surface area contributed by atoms with Crippen LogP contribution in [0.4, 0.5) is 37.7 Å². The predicted octanol–water partition coefficient (Wildman–Crippen LogP) is 12.2. The van der Waals surface area contributed by atoms with E-state index in [1.54, 1.807) is 13.8 Å². The molecule has 4 rings (SSSR count). The highest BCUT2D eigenvalue weighted by molar-refractivity contribution is 9.10. The number of halogens is 7. The van der Waals surface area contributed by atoms with Crippen molar-refractivity contribution in [1.29, 1.82) is 0 Å². The third-order valence-corrected chi connectivity index (χ3v) is 7.08. The van der Waals surface area contributed by atoms with E-state index < -0.39 is 30.5 Å². The fourth-order valence-electron chi connectivity index (χ4n) is 4.23. The molecule has 0 heterocycles. The zero-order valence-electron chi connectivity index (χ0n) is 28.2. The summed E-state index contributed by atoms with van der Waals surface area (Å²) in [5.74, 6) is -2.50. The first-order valence-corrected chi connectivity index (χ1v) is 16.2. The van der Waals surface area contributed by atoms with Crippen LogP contribution in [0.2, 0.25) is 0 Å². The van der Waals surface area contributed by atoms with Crippen LogP contribution >= 0.6 is 15.9 Å². The van der Waals surface area contributed by atoms with Crippen molar-refractivity contribution >= 4 is 39.2 Å². The maximum atomic E-state index is 13.6. The highest BCUT2D eigenvalue weighted by Gasteiger charge is 2.21. The van der Waals surface area contributed by atoms with Crippen LogP contribution in [0.15, 0.2) is 89.9 Å². The Bertz CT molecular complexity index is 1960. The van der Waals surface area contributed by atoms with Crippen LogP contribution in [0.25, 0.3) is 9.69 Å². The minimum Gasteiger partial charge on any atom is -0.466 e. The maximum absolute atomic E-state index is 13.6. The number of hydrogen-bond acceptors (Lipinski definition) is 6. The highest BCUT2D eigenvalue weighted by atomic mass is 79.9. The summed E-state index contributed by atoms with van der Waals surface area (Å²) in [6.07, 6.45) is -4.43. The first kappa shape index (κ1) is 43.4. The molecule has 0 atom stereocenters. The number of benzene rings is 4. The summed E-state index contributed by atoms with van der Waals surface area (Å²) in [4.78, 5) is 27.7. The maximum Gasteiger partial charge on any atom is 0.330 e. The Morgan fingerprint density at radius 3 is 1.70 bits per heavy atom. The van der Waals surface area contributed by atoms with Gasteiger partial charge in [-0.2, -0.15) is 0 Å². The predicted molar refractivity (Wildman–Crippen MR) is 188 cm³/mol. The van der Waals surface area contributed by atoms with E-state index in [1.165, 1.54) is 48.5 Å². The molecule has 0 aliphatic heterocycles. The van der Waals surface area contributed by atoms with Crippen molar-refractivity contribution in [2.45, 2.75) is 39.5 Å². The Morgan fingerprint density at radius 2 is 1.26 bits per heavy atom. The number of hydrogen-bond donors (Lipinski definition) is 0. The van der Waals surface area contributed by atoms with Crippen molar-refractivity contribution in [1.82, 2.24) is 0 Å². The number of carbonyl (C=O) groups is 2. The molecular formula is C38H31BrF6N2O6. The summed E-state index contributed by atoms with van der Waals surface area (Å²) in [5.41, 5.74) is -0.412. The summed E-state index contributed by atoms with van der Waals surface area (Å²) in [5, 5.41) is 0. The van der Waals surface area contributed by atoms with Gasteiger partial charge >= 0.3 is 11.9 Å². The normalized spacial score (nSPS) is 10.1. The average Bonchev–Trinajstić information content (AvgIpc) is 3.10. The van der Waals surface area contributed by atoms with Crippen LogP contribution in [-0.4, -0.2) is 25.2 Å². The van der Waals surface area contributed by atoms with E-state index in [0.29, 0.717) is 6.61 Å². The minimum absolute atomic E-state index is 0.00272. The van der Waals surface area contributed by atoms with Crippen LogP contribution in [0, 0.1) is 24.8 Å². The Morgan fingerprint density at radius 1 is 0.774 bits per heavy atom. The molecule has 8 nitrogen and oxygen atoms in total. The second-order valence-corrected chi connectivity index (χ2v) is 10.9. The first-order valence-electron chi connectivity index (χ1n) is 15.4. The highest BCUT2D eigenvalue weighted by Crippen LogP contribution is 2.39. The van der Waals surface area contributed by atoms with Crippen molar-refractivity contribution in [3.8, 4) is 23.0 Å². The largest absolute Gasteiger partial charge is 0.466 e. The number of carbonyl (C=O) groups excluding carboxylic acids is 2. The molecule has 0 aliphatic carbocycles. The minimum atomic E-state index is -2.85. The molecule has 0 saturated heterocycles. The lowest BCUT2D eigenvalue weighted by atomic mass is 10.0. The molecule has 0 aliphatic rings. The zero-order chi connectivity index (χ0) is 39.5. The lowest BCUT2D eigenvalue weighted by Gasteiger charge is -2.15. The summed E-state index contributed by atoms with van der Waals surface area (Å²) in [7, 11) is 0. The molecule has 0 bridgehead atoms. The van der Waals surface area contributed by atoms with Crippen molar-refractivity contribution in [3.05, 3.63) is 141 Å². The van der Waals surface area contributed by atoms with E-state index >= 15 is 0 Å². The number of rotatable bonds is 12. The fraction of sp³-hybridized carbons (Fsp3) is 0.211. The number of ether oxygens (including phenoxy) is 4. The number of nitrogens with zero attached hydrogens (tertiary/aromatic N) is 2. The lowest BCUT2D eigenvalue weighted by Crippen LogP contribution is -2.07. The van der Waals surface area contributed by atoms with Crippen LogP contribution < -0.4 is 9.47 Å². The lowest BCUT2D eigenvalue weighted by molar-refractivity contribution is -0.143. The first-order chi connectivity index (χ1) is 25.3. The molecule has 4 aromatic rings. The van der Waals surface area contributed by atoms with Gasteiger partial charge in [-0.1, -0.05) is 40.7 Å². The Balaban J connectivity index is 0.000000318. The molecule has 0 aromatic heterocycles. The van der Waals surface area contributed by atoms with E-state index in [0.717, 1.165) is 30.3 Å². The second-order valence-electron chi connectivity index (χ2n) is 10.1. The SMILES string of the molecule is C=CC(=O)OCC.[C-]#[N+]c1cc(F)cc(Oc2cccc(Br)c2C(F)F)c1.[C-]#[N+]c1cc(F)cc(Oc2cccc(CCC(=O)OCC)c2C(F)F)c1. The topological polar surface area (TPSA) is 79.8 Å². The molecule has 0 radical (unpaired) electrons. The van der Waals surface area contributed by atoms with Crippen molar-refractivity contribution in [2.24, 2.45) is 0 Å². The van der Waals surface area contributed by atoms with E-state index in [4.69, 9.17) is 27.4 Å². The van der Waals surface area contributed by atoms with Crippen molar-refractivity contribution in [3.63, 3.8) is 0 Å². The quantitative estimate of drug-likeness (QED) is 0.0614. The molecular weight excluding hydrogens is 774 g/mol. The summed E-state index contributed by atoms with van der Waals surface area (Å²) >= 11 is 3.02. The molecule has 0 amide bonds. The molecule has 278 valence electrons. The van der Waals surface area contributed by atoms with Gasteiger partial charge in [-0.25, -0.2) is 40.8 Å². The molecule has 53 heavy (non-hydrogen) atoms. The van der Waals surface area contributed by atoms with Crippen molar-refractivity contribution in [2.75, 3.05) is 13.2 Å². The summed E-state index contributed by atoms with van der Waals surface area (Å²) < 4.78 is 100. The van der Waals surface area contributed by atoms with Crippen LogP contribution in [0.3, 0.4) is 0 Å². The third kappa shape index (κ3) is 14.4. The molecule has 0 spiro atoms. The number of alkyl halides is 4. The van der Waals surface area contributed by atoms with Crippen LogP contribution in [0.1, 0.15) is 49.8 Å². The number of esters is 2. The van der Waals surface area contributed by atoms with Gasteiger partial charge in [0.05, 0.1) is 37.5 Å². The van der Waals surface area contributed by atoms with E-state index in [9.17, 15) is 35.9 Å². The van der Waals surface area contributed by atoms with Gasteiger partial charge in [0.2, 0.25) is 0 Å². The second kappa shape index (κ2) is 22.2. The molecule has 0 fully saturated rings. The van der Waals surface area contributed by atoms with E-state index in [2.05, 4.69) is 36.9 Å². The zero-order valence-corrected chi connectivity index (χ0v) is 29.8. The van der Waals surface area contributed by atoms with Gasteiger partial charge in [0.15, 0.2) is 11.4 Å². The molecule has 15 heteroatoms. The number of aryl methyl sites for hydroxylation is 1. The van der Waals surface area contributed by atoms with Crippen LogP contribution in [0.5, 0.6) is 23.0 Å². The van der Waals surface area contributed by atoms with Gasteiger partial charge < -0.3 is 18.9 Å². The monoisotopic (exact) mass is 804 g/mol. The standard InChI is InChI=1S/C19H16F3NO3.C14H7BrF3NO.C5H8O2/c1-3-25-17(24)8-7-12-5-4-6-16(18(12)19(21)22)26-15-10-13(20)9-14(11-15)23-2;1-19-9-5-8(16)6-10(7-9)20-12-4-2-3-11(15)13(12)14(17)18;1-3-5(6)7-4-2/h4-6,9-11,19H,3,7-8H2,1H3;2-7,14H;3H,1,4H2,2H3. The van der Waals surface area contributed by atoms with Gasteiger partial charge in [0.1, 0.15) is 34.6 Å². The summed E-state index contributed by atoms with van der Waals surface area (Å²) in [6.45, 7) is 21.0. The summed E-state index contributed by atoms with van der Waals surface area (Å²) in [6, 6.07) is 15.3. The van der Waals surface area contributed by atoms with Crippen LogP contribution in [-0.2, 0) is 25.5 Å². The molecule has 0 N–H and O–H groups in total. The fourth-order valence-corrected chi connectivity index (χ4v) is 4.75. The Labute approximate surface area is 310 Å². The Hall–Kier alpha value is -5.80. The van der Waals surface area contributed by atoms with Gasteiger partial charge in [-0.3, -0.25) is 4.79 Å². The van der Waals surface area contributed by atoms with E-state index in [1.807, 2.05) is 0 Å². The average molecular weight is 806 g/mol. The Kier molecular flexibility index (Phi) is 18.2. The van der Waals surface area contributed by atoms with Gasteiger partial charge in [-0.15, -0.1) is 0 Å². The van der Waals surface area contributed by atoms with E-state index in [-0.39, 0.29) is 81.0 Å². The van der Waals surface area contributed by atoms with Gasteiger partial charge in [0, 0.05) is 29.1 Å². The van der Waals surface area contributed by atoms with Crippen molar-refractivity contribution < 1.29 is 54.9 Å². The van der Waals surface area contributed by atoms with Gasteiger partial charge in [0.25, 0.3) is 12.9 Å².